The first-order valence-corrected chi connectivity index (χ1v) is 7.18. The molecular weight excluding hydrogens is 383 g/mol. The highest BCUT2D eigenvalue weighted by Gasteiger charge is 2.37. The number of aliphatic carboxylic acids is 1. The van der Waals surface area contributed by atoms with Gasteiger partial charge < -0.3 is 15.7 Å². The number of urea groups is 1. The van der Waals surface area contributed by atoms with Gasteiger partial charge in [-0.25, -0.2) is 9.59 Å². The molecule has 7 heteroatoms. The van der Waals surface area contributed by atoms with Crippen molar-refractivity contribution in [1.82, 2.24) is 5.32 Å². The van der Waals surface area contributed by atoms with E-state index in [1.165, 1.54) is 0 Å². The Balaban J connectivity index is 1.98. The summed E-state index contributed by atoms with van der Waals surface area (Å²) in [5.41, 5.74) is 0.458. The predicted octanol–water partition coefficient (Wildman–Crippen LogP) is 2.93. The molecule has 1 unspecified atom stereocenters. The second kappa shape index (κ2) is 5.96. The number of carbonyl (C=O) groups is 2. The fourth-order valence-electron chi connectivity index (χ4n) is 1.70. The van der Waals surface area contributed by atoms with Gasteiger partial charge in [-0.15, -0.1) is 0 Å². The smallest absolute Gasteiger partial charge is 0.326 e. The maximum atomic E-state index is 11.8. The zero-order valence-electron chi connectivity index (χ0n) is 9.82. The van der Waals surface area contributed by atoms with Crippen molar-refractivity contribution in [3.8, 4) is 0 Å². The van der Waals surface area contributed by atoms with Gasteiger partial charge in [-0.1, -0.05) is 11.6 Å². The zero-order chi connectivity index (χ0) is 14.0. The van der Waals surface area contributed by atoms with E-state index in [9.17, 15) is 9.59 Å². The molecule has 0 saturated heterocycles. The Morgan fingerprint density at radius 1 is 1.42 bits per heavy atom. The number of benzene rings is 1. The molecule has 0 bridgehead atoms. The Kier molecular flexibility index (Phi) is 4.51. The highest BCUT2D eigenvalue weighted by molar-refractivity contribution is 14.1. The first-order valence-electron chi connectivity index (χ1n) is 5.73. The minimum atomic E-state index is -1.01. The number of amides is 2. The van der Waals surface area contributed by atoms with E-state index >= 15 is 0 Å². The molecule has 0 aromatic heterocycles. The van der Waals surface area contributed by atoms with Crippen LogP contribution < -0.4 is 10.6 Å². The maximum Gasteiger partial charge on any atom is 0.326 e. The SMILES string of the molecule is O=C(Nc1ccc(I)cc1Cl)NC(C(=O)O)C1CC1. The van der Waals surface area contributed by atoms with E-state index in [-0.39, 0.29) is 5.92 Å². The molecular formula is C12H12ClIN2O3. The number of carboxylic acids is 1. The summed E-state index contributed by atoms with van der Waals surface area (Å²) in [4.78, 5) is 22.8. The lowest BCUT2D eigenvalue weighted by Gasteiger charge is -2.15. The largest absolute Gasteiger partial charge is 0.480 e. The highest BCUT2D eigenvalue weighted by Crippen LogP contribution is 2.32. The lowest BCUT2D eigenvalue weighted by atomic mass is 10.2. The number of carboxylic acid groups (broad SMARTS) is 1. The van der Waals surface area contributed by atoms with Gasteiger partial charge in [-0.05, 0) is 59.5 Å². The van der Waals surface area contributed by atoms with Crippen LogP contribution in [-0.4, -0.2) is 23.1 Å². The summed E-state index contributed by atoms with van der Waals surface area (Å²) >= 11 is 8.09. The number of carbonyl (C=O) groups excluding carboxylic acids is 1. The summed E-state index contributed by atoms with van der Waals surface area (Å²) in [7, 11) is 0. The third-order valence-corrected chi connectivity index (χ3v) is 3.81. The van der Waals surface area contributed by atoms with Gasteiger partial charge in [0.25, 0.3) is 0 Å². The van der Waals surface area contributed by atoms with Crippen molar-refractivity contribution in [2.24, 2.45) is 5.92 Å². The molecule has 0 heterocycles. The fourth-order valence-corrected chi connectivity index (χ4v) is 2.60. The van der Waals surface area contributed by atoms with Crippen LogP contribution in [0, 0.1) is 9.49 Å². The van der Waals surface area contributed by atoms with Gasteiger partial charge in [0.15, 0.2) is 0 Å². The summed E-state index contributed by atoms with van der Waals surface area (Å²) in [6.45, 7) is 0. The van der Waals surface area contributed by atoms with Crippen LogP contribution in [0.25, 0.3) is 0 Å². The van der Waals surface area contributed by atoms with Gasteiger partial charge in [-0.2, -0.15) is 0 Å². The molecule has 2 rings (SSSR count). The Morgan fingerprint density at radius 2 is 2.11 bits per heavy atom. The molecule has 1 aliphatic rings. The number of anilines is 1. The number of hydrogen-bond donors (Lipinski definition) is 3. The van der Waals surface area contributed by atoms with Crippen LogP contribution in [0.5, 0.6) is 0 Å². The van der Waals surface area contributed by atoms with Gasteiger partial charge in [-0.3, -0.25) is 0 Å². The van der Waals surface area contributed by atoms with E-state index in [2.05, 4.69) is 33.2 Å². The van der Waals surface area contributed by atoms with Gasteiger partial charge in [0.2, 0.25) is 0 Å². The first-order chi connectivity index (χ1) is 8.97. The topological polar surface area (TPSA) is 78.4 Å². The minimum Gasteiger partial charge on any atom is -0.480 e. The van der Waals surface area contributed by atoms with E-state index in [0.717, 1.165) is 16.4 Å². The molecule has 19 heavy (non-hydrogen) atoms. The number of hydrogen-bond acceptors (Lipinski definition) is 2. The molecule has 1 saturated carbocycles. The standard InChI is InChI=1S/C12H12ClIN2O3/c13-8-5-7(14)3-4-9(8)15-12(19)16-10(11(17)18)6-1-2-6/h3-6,10H,1-2H2,(H,17,18)(H2,15,16,19). The Labute approximate surface area is 128 Å². The third-order valence-electron chi connectivity index (χ3n) is 2.83. The average Bonchev–Trinajstić information content (AvgIpc) is 3.13. The lowest BCUT2D eigenvalue weighted by molar-refractivity contribution is -0.139. The predicted molar refractivity (Wildman–Crippen MR) is 80.5 cm³/mol. The summed E-state index contributed by atoms with van der Waals surface area (Å²) in [6, 6.07) is 3.81. The van der Waals surface area contributed by atoms with Crippen LogP contribution >= 0.6 is 34.2 Å². The van der Waals surface area contributed by atoms with Crippen LogP contribution in [0.2, 0.25) is 5.02 Å². The van der Waals surface area contributed by atoms with Crippen LogP contribution in [0.1, 0.15) is 12.8 Å². The second-order valence-corrected chi connectivity index (χ2v) is 6.03. The normalized spacial score (nSPS) is 15.7. The zero-order valence-corrected chi connectivity index (χ0v) is 12.7. The summed E-state index contributed by atoms with van der Waals surface area (Å²) in [5, 5.41) is 14.5. The second-order valence-electron chi connectivity index (χ2n) is 4.38. The maximum absolute atomic E-state index is 11.8. The van der Waals surface area contributed by atoms with Crippen LogP contribution in [0.3, 0.4) is 0 Å². The molecule has 1 atom stereocenters. The number of rotatable bonds is 4. The molecule has 2 amide bonds. The molecule has 1 aromatic carbocycles. The first kappa shape index (κ1) is 14.4. The number of halogens is 2. The molecule has 1 aliphatic carbocycles. The van der Waals surface area contributed by atoms with Crippen molar-refractivity contribution in [3.05, 3.63) is 26.8 Å². The molecule has 1 fully saturated rings. The lowest BCUT2D eigenvalue weighted by Crippen LogP contribution is -2.44. The van der Waals surface area contributed by atoms with E-state index in [0.29, 0.717) is 10.7 Å². The van der Waals surface area contributed by atoms with Gasteiger partial charge in [0, 0.05) is 3.57 Å². The molecule has 3 N–H and O–H groups in total. The van der Waals surface area contributed by atoms with Gasteiger partial charge in [0.05, 0.1) is 10.7 Å². The summed E-state index contributed by atoms with van der Waals surface area (Å²) in [5.74, 6) is -0.971. The average molecular weight is 395 g/mol. The molecule has 0 spiro atoms. The Bertz CT molecular complexity index is 520. The Morgan fingerprint density at radius 3 is 2.63 bits per heavy atom. The monoisotopic (exact) mass is 394 g/mol. The van der Waals surface area contributed by atoms with Crippen molar-refractivity contribution < 1.29 is 14.7 Å². The van der Waals surface area contributed by atoms with E-state index in [1.54, 1.807) is 18.2 Å². The molecule has 102 valence electrons. The van der Waals surface area contributed by atoms with Gasteiger partial charge in [0.1, 0.15) is 6.04 Å². The number of nitrogens with one attached hydrogen (secondary N) is 2. The van der Waals surface area contributed by atoms with Crippen molar-refractivity contribution >= 4 is 51.9 Å². The summed E-state index contributed by atoms with van der Waals surface area (Å²) in [6.07, 6.45) is 1.67. The van der Waals surface area contributed by atoms with Crippen molar-refractivity contribution in [3.63, 3.8) is 0 Å². The van der Waals surface area contributed by atoms with Crippen molar-refractivity contribution in [2.75, 3.05) is 5.32 Å². The van der Waals surface area contributed by atoms with Crippen molar-refractivity contribution in [1.29, 1.82) is 0 Å². The van der Waals surface area contributed by atoms with E-state index in [4.69, 9.17) is 16.7 Å². The molecule has 5 nitrogen and oxygen atoms in total. The quantitative estimate of drug-likeness (QED) is 0.687. The molecule has 0 radical (unpaired) electrons. The van der Waals surface area contributed by atoms with Gasteiger partial charge >= 0.3 is 12.0 Å². The molecule has 1 aromatic rings. The third kappa shape index (κ3) is 3.97. The molecule has 0 aliphatic heterocycles. The fraction of sp³-hybridized carbons (Fsp3) is 0.333. The Hall–Kier alpha value is -1.02. The van der Waals surface area contributed by atoms with E-state index < -0.39 is 18.0 Å². The van der Waals surface area contributed by atoms with Crippen LogP contribution in [0.4, 0.5) is 10.5 Å². The highest BCUT2D eigenvalue weighted by atomic mass is 127. The van der Waals surface area contributed by atoms with Crippen LogP contribution in [0.15, 0.2) is 18.2 Å². The minimum absolute atomic E-state index is 0.0374. The van der Waals surface area contributed by atoms with Crippen molar-refractivity contribution in [2.45, 2.75) is 18.9 Å². The van der Waals surface area contributed by atoms with Crippen LogP contribution in [-0.2, 0) is 4.79 Å². The summed E-state index contributed by atoms with van der Waals surface area (Å²) < 4.78 is 0.954. The van der Waals surface area contributed by atoms with E-state index in [1.807, 2.05) is 0 Å².